The molecule has 96 valence electrons. The molecular weight excluding hydrogens is 230 g/mol. The van der Waals surface area contributed by atoms with E-state index < -0.39 is 0 Å². The number of nitrogens with zero attached hydrogens (tertiary/aromatic N) is 1. The third-order valence-electron chi connectivity index (χ3n) is 2.34. The minimum absolute atomic E-state index is 0.0333. The van der Waals surface area contributed by atoms with Gasteiger partial charge in [-0.05, 0) is 12.1 Å². The Kier molecular flexibility index (Phi) is 6.30. The van der Waals surface area contributed by atoms with Crippen LogP contribution in [0.25, 0.3) is 0 Å². The van der Waals surface area contributed by atoms with Crippen LogP contribution in [0.3, 0.4) is 0 Å². The Balaban J connectivity index is 2.29. The standard InChI is InChI=1S/C13H17N3O2/c1-18-9-8-16-13(17)6-7-15-12-5-3-2-4-11(12)10-14/h2-5,15H,6-9H2,1H3,(H,16,17). The predicted octanol–water partition coefficient (Wildman–Crippen LogP) is 1.12. The Labute approximate surface area is 107 Å². The summed E-state index contributed by atoms with van der Waals surface area (Å²) >= 11 is 0. The summed E-state index contributed by atoms with van der Waals surface area (Å²) in [6, 6.07) is 9.31. The molecule has 1 aromatic carbocycles. The molecular formula is C13H17N3O2. The Morgan fingerprint density at radius 3 is 2.89 bits per heavy atom. The van der Waals surface area contributed by atoms with Gasteiger partial charge in [0.2, 0.25) is 5.91 Å². The molecule has 2 N–H and O–H groups in total. The first-order chi connectivity index (χ1) is 8.77. The normalized spacial score (nSPS) is 9.56. The Morgan fingerprint density at radius 2 is 2.17 bits per heavy atom. The predicted molar refractivity (Wildman–Crippen MR) is 69.1 cm³/mol. The lowest BCUT2D eigenvalue weighted by Gasteiger charge is -2.08. The maximum absolute atomic E-state index is 11.4. The number of carbonyl (C=O) groups excluding carboxylic acids is 1. The Hall–Kier alpha value is -2.06. The zero-order chi connectivity index (χ0) is 13.2. The van der Waals surface area contributed by atoms with Gasteiger partial charge in [0, 0.05) is 26.6 Å². The van der Waals surface area contributed by atoms with Crippen LogP contribution in [0.1, 0.15) is 12.0 Å². The Bertz CT molecular complexity index is 426. The second-order valence-corrected chi connectivity index (χ2v) is 3.68. The van der Waals surface area contributed by atoms with Crippen molar-refractivity contribution in [2.75, 3.05) is 32.1 Å². The first-order valence-electron chi connectivity index (χ1n) is 5.76. The van der Waals surface area contributed by atoms with Crippen molar-refractivity contribution < 1.29 is 9.53 Å². The zero-order valence-corrected chi connectivity index (χ0v) is 10.4. The lowest BCUT2D eigenvalue weighted by atomic mass is 10.2. The van der Waals surface area contributed by atoms with E-state index in [-0.39, 0.29) is 5.91 Å². The van der Waals surface area contributed by atoms with Crippen molar-refractivity contribution >= 4 is 11.6 Å². The van der Waals surface area contributed by atoms with Gasteiger partial charge in [0.25, 0.3) is 0 Å². The van der Waals surface area contributed by atoms with Crippen LogP contribution in [-0.4, -0.2) is 32.7 Å². The molecule has 0 atom stereocenters. The largest absolute Gasteiger partial charge is 0.383 e. The van der Waals surface area contributed by atoms with Crippen LogP contribution in [-0.2, 0) is 9.53 Å². The topological polar surface area (TPSA) is 74.2 Å². The summed E-state index contributed by atoms with van der Waals surface area (Å²) in [6.07, 6.45) is 0.365. The van der Waals surface area contributed by atoms with E-state index in [9.17, 15) is 4.79 Å². The molecule has 0 radical (unpaired) electrons. The van der Waals surface area contributed by atoms with Crippen LogP contribution >= 0.6 is 0 Å². The number of amides is 1. The first-order valence-corrected chi connectivity index (χ1v) is 5.76. The molecule has 0 spiro atoms. The number of hydrogen-bond donors (Lipinski definition) is 2. The molecule has 0 aliphatic heterocycles. The summed E-state index contributed by atoms with van der Waals surface area (Å²) in [5, 5.41) is 14.7. The third kappa shape index (κ3) is 4.85. The fourth-order valence-electron chi connectivity index (χ4n) is 1.43. The molecule has 0 fully saturated rings. The molecule has 0 heterocycles. The van der Waals surface area contributed by atoms with E-state index in [0.717, 1.165) is 5.69 Å². The van der Waals surface area contributed by atoms with Crippen LogP contribution in [0.15, 0.2) is 24.3 Å². The van der Waals surface area contributed by atoms with Gasteiger partial charge in [-0.3, -0.25) is 4.79 Å². The summed E-state index contributed by atoms with van der Waals surface area (Å²) in [4.78, 5) is 11.4. The average molecular weight is 247 g/mol. The molecule has 5 heteroatoms. The van der Waals surface area contributed by atoms with E-state index in [4.69, 9.17) is 10.00 Å². The number of hydrogen-bond acceptors (Lipinski definition) is 4. The van der Waals surface area contributed by atoms with Gasteiger partial charge in [-0.2, -0.15) is 5.26 Å². The number of rotatable bonds is 7. The quantitative estimate of drug-likeness (QED) is 0.708. The second-order valence-electron chi connectivity index (χ2n) is 3.68. The monoisotopic (exact) mass is 247 g/mol. The first kappa shape index (κ1) is 14.0. The van der Waals surface area contributed by atoms with Gasteiger partial charge in [-0.25, -0.2) is 0 Å². The van der Waals surface area contributed by atoms with Crippen molar-refractivity contribution in [3.8, 4) is 6.07 Å². The number of anilines is 1. The lowest BCUT2D eigenvalue weighted by molar-refractivity contribution is -0.121. The van der Waals surface area contributed by atoms with Crippen molar-refractivity contribution in [1.29, 1.82) is 5.26 Å². The number of para-hydroxylation sites is 1. The fourth-order valence-corrected chi connectivity index (χ4v) is 1.43. The molecule has 0 saturated carbocycles. The van der Waals surface area contributed by atoms with Gasteiger partial charge in [0.1, 0.15) is 6.07 Å². The Morgan fingerprint density at radius 1 is 1.39 bits per heavy atom. The molecule has 1 amide bonds. The second kappa shape index (κ2) is 8.09. The molecule has 18 heavy (non-hydrogen) atoms. The number of methoxy groups -OCH3 is 1. The summed E-state index contributed by atoms with van der Waals surface area (Å²) < 4.78 is 4.83. The van der Waals surface area contributed by atoms with Crippen LogP contribution in [0.2, 0.25) is 0 Å². The van der Waals surface area contributed by atoms with Crippen LogP contribution in [0.5, 0.6) is 0 Å². The van der Waals surface area contributed by atoms with Crippen molar-refractivity contribution in [3.63, 3.8) is 0 Å². The molecule has 0 aliphatic rings. The zero-order valence-electron chi connectivity index (χ0n) is 10.4. The molecule has 1 rings (SSSR count). The summed E-state index contributed by atoms with van der Waals surface area (Å²) in [5.74, 6) is -0.0333. The number of nitriles is 1. The van der Waals surface area contributed by atoms with E-state index in [2.05, 4.69) is 16.7 Å². The maximum Gasteiger partial charge on any atom is 0.221 e. The molecule has 0 unspecified atom stereocenters. The molecule has 5 nitrogen and oxygen atoms in total. The van der Waals surface area contributed by atoms with Crippen LogP contribution in [0.4, 0.5) is 5.69 Å². The molecule has 0 saturated heterocycles. The lowest BCUT2D eigenvalue weighted by Crippen LogP contribution is -2.28. The molecule has 0 aromatic heterocycles. The highest BCUT2D eigenvalue weighted by atomic mass is 16.5. The minimum atomic E-state index is -0.0333. The van der Waals surface area contributed by atoms with E-state index in [0.29, 0.717) is 31.7 Å². The summed E-state index contributed by atoms with van der Waals surface area (Å²) in [6.45, 7) is 1.53. The number of carbonyl (C=O) groups is 1. The fraction of sp³-hybridized carbons (Fsp3) is 0.385. The smallest absolute Gasteiger partial charge is 0.221 e. The van der Waals surface area contributed by atoms with Gasteiger partial charge in [0.15, 0.2) is 0 Å². The summed E-state index contributed by atoms with van der Waals surface area (Å²) in [7, 11) is 1.59. The van der Waals surface area contributed by atoms with Gasteiger partial charge in [0.05, 0.1) is 17.9 Å². The highest BCUT2D eigenvalue weighted by Gasteiger charge is 2.02. The van der Waals surface area contributed by atoms with Gasteiger partial charge in [-0.15, -0.1) is 0 Å². The van der Waals surface area contributed by atoms with E-state index >= 15 is 0 Å². The van der Waals surface area contributed by atoms with Crippen molar-refractivity contribution in [3.05, 3.63) is 29.8 Å². The third-order valence-corrected chi connectivity index (χ3v) is 2.34. The maximum atomic E-state index is 11.4. The summed E-state index contributed by atoms with van der Waals surface area (Å²) in [5.41, 5.74) is 1.34. The highest BCUT2D eigenvalue weighted by molar-refractivity contribution is 5.76. The van der Waals surface area contributed by atoms with Crippen molar-refractivity contribution in [2.24, 2.45) is 0 Å². The van der Waals surface area contributed by atoms with Crippen LogP contribution in [0, 0.1) is 11.3 Å². The molecule has 1 aromatic rings. The van der Waals surface area contributed by atoms with Gasteiger partial charge >= 0.3 is 0 Å². The van der Waals surface area contributed by atoms with E-state index in [1.54, 1.807) is 19.2 Å². The molecule has 0 aliphatic carbocycles. The van der Waals surface area contributed by atoms with Crippen LogP contribution < -0.4 is 10.6 Å². The average Bonchev–Trinajstić information content (AvgIpc) is 2.39. The minimum Gasteiger partial charge on any atom is -0.383 e. The number of nitrogens with one attached hydrogen (secondary N) is 2. The van der Waals surface area contributed by atoms with E-state index in [1.807, 2.05) is 12.1 Å². The molecule has 0 bridgehead atoms. The van der Waals surface area contributed by atoms with Crippen molar-refractivity contribution in [2.45, 2.75) is 6.42 Å². The number of ether oxygens (including phenoxy) is 1. The van der Waals surface area contributed by atoms with Gasteiger partial charge in [-0.1, -0.05) is 12.1 Å². The van der Waals surface area contributed by atoms with E-state index in [1.165, 1.54) is 0 Å². The number of benzene rings is 1. The highest BCUT2D eigenvalue weighted by Crippen LogP contribution is 2.12. The van der Waals surface area contributed by atoms with Gasteiger partial charge < -0.3 is 15.4 Å². The van der Waals surface area contributed by atoms with Crippen molar-refractivity contribution in [1.82, 2.24) is 5.32 Å². The SMILES string of the molecule is COCCNC(=O)CCNc1ccccc1C#N.